The van der Waals surface area contributed by atoms with Crippen LogP contribution in [0, 0.1) is 0 Å². The Morgan fingerprint density at radius 1 is 0.767 bits per heavy atom. The third kappa shape index (κ3) is 13.9. The van der Waals surface area contributed by atoms with Gasteiger partial charge < -0.3 is 63.6 Å². The average Bonchev–Trinajstić information content (AvgIpc) is 4.00. The van der Waals surface area contributed by atoms with Crippen molar-refractivity contribution in [3.05, 3.63) is 54.2 Å². The molecule has 1 aliphatic rings. The summed E-state index contributed by atoms with van der Waals surface area (Å²) in [6.07, 6.45) is 4.41. The van der Waals surface area contributed by atoms with E-state index in [-0.39, 0.29) is 38.6 Å². The highest BCUT2D eigenvalue weighted by Crippen LogP contribution is 2.21. The van der Waals surface area contributed by atoms with Crippen molar-refractivity contribution in [1.29, 1.82) is 0 Å². The molecule has 0 saturated carbocycles. The third-order valence-corrected chi connectivity index (χ3v) is 9.32. The van der Waals surface area contributed by atoms with Gasteiger partial charge >= 0.3 is 0 Å². The lowest BCUT2D eigenvalue weighted by molar-refractivity contribution is -0.142. The zero-order valence-electron chi connectivity index (χ0n) is 32.8. The van der Waals surface area contributed by atoms with Crippen LogP contribution in [0.15, 0.2) is 43.0 Å². The van der Waals surface area contributed by atoms with Crippen LogP contribution in [0.4, 0.5) is 0 Å². The number of aromatic nitrogens is 3. The van der Waals surface area contributed by atoms with Gasteiger partial charge in [0.25, 0.3) is 0 Å². The maximum Gasteiger partial charge on any atom is 0.245 e. The monoisotopic (exact) mass is 835 g/mol. The molecule has 13 N–H and O–H groups in total. The molecule has 0 spiro atoms. The molecule has 2 aromatic heterocycles. The van der Waals surface area contributed by atoms with Crippen LogP contribution in [0.3, 0.4) is 0 Å². The summed E-state index contributed by atoms with van der Waals surface area (Å²) >= 11 is 0. The van der Waals surface area contributed by atoms with Crippen molar-refractivity contribution in [1.82, 2.24) is 57.1 Å². The first-order chi connectivity index (χ1) is 28.6. The molecule has 1 saturated heterocycles. The Kier molecular flexibility index (Phi) is 16.6. The quantitative estimate of drug-likeness (QED) is 0.0457. The molecule has 0 radical (unpaired) electrons. The number of fused-ring (bicyclic) bond motifs is 1. The molecule has 4 atom stereocenters. The zero-order chi connectivity index (χ0) is 43.8. The van der Waals surface area contributed by atoms with Gasteiger partial charge in [0.05, 0.1) is 32.5 Å². The molecular weight excluding hydrogens is 786 g/mol. The first-order valence-electron chi connectivity index (χ1n) is 19.0. The van der Waals surface area contributed by atoms with Crippen molar-refractivity contribution in [2.24, 2.45) is 11.5 Å². The average molecular weight is 836 g/mol. The predicted molar refractivity (Wildman–Crippen MR) is 210 cm³/mol. The number of H-pyrrole nitrogens is 2. The maximum absolute atomic E-state index is 14.0. The van der Waals surface area contributed by atoms with E-state index in [1.807, 2.05) is 24.3 Å². The van der Waals surface area contributed by atoms with Crippen LogP contribution >= 0.6 is 0 Å². The number of carbonyl (C=O) groups is 10. The van der Waals surface area contributed by atoms with Crippen LogP contribution in [0.2, 0.25) is 0 Å². The number of nitrogens with one attached hydrogen (secondary N) is 9. The van der Waals surface area contributed by atoms with E-state index < -0.39 is 109 Å². The minimum atomic E-state index is -1.36. The lowest BCUT2D eigenvalue weighted by Gasteiger charge is -2.30. The summed E-state index contributed by atoms with van der Waals surface area (Å²) in [6, 6.07) is 2.40. The van der Waals surface area contributed by atoms with E-state index in [0.29, 0.717) is 17.7 Å². The first-order valence-corrected chi connectivity index (χ1v) is 19.0. The molecule has 0 bridgehead atoms. The molecule has 3 aromatic rings. The molecule has 322 valence electrons. The Morgan fingerprint density at radius 2 is 1.42 bits per heavy atom. The van der Waals surface area contributed by atoms with E-state index >= 15 is 0 Å². The van der Waals surface area contributed by atoms with Crippen molar-refractivity contribution in [2.45, 2.75) is 69.6 Å². The number of hydrogen-bond donors (Lipinski definition) is 11. The number of aromatic amines is 2. The van der Waals surface area contributed by atoms with Gasteiger partial charge in [-0.05, 0) is 30.9 Å². The number of nitrogens with zero attached hydrogens (tertiary/aromatic N) is 2. The second kappa shape index (κ2) is 22.0. The van der Waals surface area contributed by atoms with Crippen LogP contribution < -0.4 is 48.7 Å². The lowest BCUT2D eigenvalue weighted by atomic mass is 10.0. The van der Waals surface area contributed by atoms with Gasteiger partial charge in [0.15, 0.2) is 0 Å². The van der Waals surface area contributed by atoms with Gasteiger partial charge in [0, 0.05) is 61.7 Å². The number of benzene rings is 1. The standard InChI is InChI=1S/C37H49N13O10/c1-20(51)41-17-32(55)48-26(11-21-13-42-24-6-3-2-5-23(21)24)34(57)45-18-33(56)47-25(8-9-29(38)52)37(60)50-10-4-7-28(50)36(59)49-27(12-22-14-40-19-46-22)35(58)44-16-31(54)43-15-30(39)53/h2-3,5-6,13-14,19,25-28,42H,4,7-12,15-18H2,1H3,(H2,38,52)(H2,39,53)(H,40,46)(H,41,51)(H,43,54)(H,44,58)(H,45,57)(H,47,56)(H,48,55)(H,49,59)/t25-,26-,27-,28-/m0/s1. The number of rotatable bonds is 22. The van der Waals surface area contributed by atoms with Crippen molar-refractivity contribution in [3.63, 3.8) is 0 Å². The highest BCUT2D eigenvalue weighted by molar-refractivity contribution is 5.97. The Labute approximate surface area is 342 Å². The fraction of sp³-hybridized carbons (Fsp3) is 0.432. The van der Waals surface area contributed by atoms with Crippen molar-refractivity contribution < 1.29 is 47.9 Å². The Morgan fingerprint density at radius 3 is 2.07 bits per heavy atom. The molecule has 1 aromatic carbocycles. The minimum absolute atomic E-state index is 0.0120. The molecule has 23 nitrogen and oxygen atoms in total. The normalized spacial score (nSPS) is 14.8. The fourth-order valence-electron chi connectivity index (χ4n) is 6.40. The Bertz CT molecular complexity index is 2070. The van der Waals surface area contributed by atoms with E-state index in [4.69, 9.17) is 11.5 Å². The van der Waals surface area contributed by atoms with Crippen molar-refractivity contribution in [2.75, 3.05) is 32.7 Å². The maximum atomic E-state index is 14.0. The van der Waals surface area contributed by atoms with Gasteiger partial charge in [0.1, 0.15) is 24.2 Å². The van der Waals surface area contributed by atoms with Gasteiger partial charge in [-0.15, -0.1) is 0 Å². The van der Waals surface area contributed by atoms with Gasteiger partial charge in [0.2, 0.25) is 59.1 Å². The molecule has 60 heavy (non-hydrogen) atoms. The summed E-state index contributed by atoms with van der Waals surface area (Å²) in [7, 11) is 0. The number of nitrogens with two attached hydrogens (primary N) is 2. The first kappa shape index (κ1) is 45.4. The molecular formula is C37H49N13O10. The van der Waals surface area contributed by atoms with Gasteiger partial charge in [-0.3, -0.25) is 47.9 Å². The molecule has 3 heterocycles. The van der Waals surface area contributed by atoms with E-state index in [1.165, 1.54) is 24.3 Å². The van der Waals surface area contributed by atoms with Crippen molar-refractivity contribution >= 4 is 70.0 Å². The number of para-hydroxylation sites is 1. The third-order valence-electron chi connectivity index (χ3n) is 9.32. The highest BCUT2D eigenvalue weighted by Gasteiger charge is 2.39. The summed E-state index contributed by atoms with van der Waals surface area (Å²) in [5.41, 5.74) is 12.3. The number of likely N-dealkylation sites (tertiary alicyclic amines) is 1. The molecule has 23 heteroatoms. The zero-order valence-corrected chi connectivity index (χ0v) is 32.8. The number of primary amides is 2. The number of carbonyl (C=O) groups excluding carboxylic acids is 10. The van der Waals surface area contributed by atoms with E-state index in [2.05, 4.69) is 52.2 Å². The van der Waals surface area contributed by atoms with E-state index in [1.54, 1.807) is 6.20 Å². The Balaban J connectivity index is 1.42. The number of imidazole rings is 1. The molecule has 10 amide bonds. The highest BCUT2D eigenvalue weighted by atomic mass is 16.2. The molecule has 4 rings (SSSR count). The minimum Gasteiger partial charge on any atom is -0.370 e. The van der Waals surface area contributed by atoms with Crippen LogP contribution in [0.5, 0.6) is 0 Å². The largest absolute Gasteiger partial charge is 0.370 e. The summed E-state index contributed by atoms with van der Waals surface area (Å²) < 4.78 is 0. The lowest BCUT2D eigenvalue weighted by Crippen LogP contribution is -2.58. The number of amides is 10. The number of hydrogen-bond acceptors (Lipinski definition) is 11. The van der Waals surface area contributed by atoms with E-state index in [0.717, 1.165) is 10.9 Å². The SMILES string of the molecule is CC(=O)NCC(=O)N[C@@H](Cc1c[nH]c2ccccc12)C(=O)NCC(=O)N[C@@H](CCC(N)=O)C(=O)N1CCC[C@H]1C(=O)N[C@@H](Cc1cnc[nH]1)C(=O)NCC(=O)NCC(N)=O. The van der Waals surface area contributed by atoms with Gasteiger partial charge in [-0.25, -0.2) is 4.98 Å². The molecule has 1 fully saturated rings. The topological polar surface area (TPSA) is 355 Å². The van der Waals surface area contributed by atoms with Gasteiger partial charge in [-0.2, -0.15) is 0 Å². The van der Waals surface area contributed by atoms with Gasteiger partial charge in [-0.1, -0.05) is 18.2 Å². The smallest absolute Gasteiger partial charge is 0.245 e. The van der Waals surface area contributed by atoms with Crippen LogP contribution in [0.1, 0.15) is 43.9 Å². The fourth-order valence-corrected chi connectivity index (χ4v) is 6.40. The summed E-state index contributed by atoms with van der Waals surface area (Å²) in [6.45, 7) is -0.717. The summed E-state index contributed by atoms with van der Waals surface area (Å²) in [5, 5.41) is 17.9. The molecule has 0 unspecified atom stereocenters. The second-order valence-corrected chi connectivity index (χ2v) is 13.9. The van der Waals surface area contributed by atoms with E-state index in [9.17, 15) is 47.9 Å². The summed E-state index contributed by atoms with van der Waals surface area (Å²) in [4.78, 5) is 137. The van der Waals surface area contributed by atoms with Crippen molar-refractivity contribution in [3.8, 4) is 0 Å². The molecule has 0 aliphatic carbocycles. The summed E-state index contributed by atoms with van der Waals surface area (Å²) in [5.74, 6) is -7.16. The predicted octanol–water partition coefficient (Wildman–Crippen LogP) is -4.64. The molecule has 1 aliphatic heterocycles. The second-order valence-electron chi connectivity index (χ2n) is 13.9. The Hall–Kier alpha value is -7.33. The van der Waals surface area contributed by atoms with Crippen LogP contribution in [-0.2, 0) is 60.8 Å². The van der Waals surface area contributed by atoms with Crippen LogP contribution in [-0.4, -0.2) is 136 Å². The van der Waals surface area contributed by atoms with Crippen LogP contribution in [0.25, 0.3) is 10.9 Å².